The summed E-state index contributed by atoms with van der Waals surface area (Å²) in [5.41, 5.74) is 14.3. The third-order valence-corrected chi connectivity index (χ3v) is 5.41. The number of nitrogens with two attached hydrogens (primary N) is 2. The van der Waals surface area contributed by atoms with Gasteiger partial charge in [-0.15, -0.1) is 5.10 Å². The van der Waals surface area contributed by atoms with Gasteiger partial charge in [-0.25, -0.2) is 14.1 Å². The highest BCUT2D eigenvalue weighted by atomic mass is 19.1. The Labute approximate surface area is 183 Å². The topological polar surface area (TPSA) is 130 Å². The highest BCUT2D eigenvalue weighted by Gasteiger charge is 2.27. The largest absolute Gasteiger partial charge is 0.366 e. The molecule has 0 aliphatic heterocycles. The molecule has 0 aliphatic carbocycles. The molecule has 8 nitrogen and oxygen atoms in total. The second kappa shape index (κ2) is 8.18. The van der Waals surface area contributed by atoms with E-state index in [-0.39, 0.29) is 28.0 Å². The SMILES string of the molecule is CCc1ccc(Cn2nnc(-c3c(C(N)=O)nc4cc(F)ccc4c3C(N)=O)c2C)cc1. The average Bonchev–Trinajstić information content (AvgIpc) is 3.12. The smallest absolute Gasteiger partial charge is 0.268 e. The lowest BCUT2D eigenvalue weighted by molar-refractivity contribution is 0.0996. The Morgan fingerprint density at radius 2 is 1.72 bits per heavy atom. The van der Waals surface area contributed by atoms with Crippen molar-refractivity contribution in [1.29, 1.82) is 0 Å². The van der Waals surface area contributed by atoms with Gasteiger partial charge in [-0.2, -0.15) is 0 Å². The van der Waals surface area contributed by atoms with Crippen LogP contribution >= 0.6 is 0 Å². The number of aromatic nitrogens is 4. The van der Waals surface area contributed by atoms with Crippen molar-refractivity contribution >= 4 is 22.7 Å². The summed E-state index contributed by atoms with van der Waals surface area (Å²) in [6, 6.07) is 11.8. The zero-order valence-corrected chi connectivity index (χ0v) is 17.6. The molecule has 0 fully saturated rings. The van der Waals surface area contributed by atoms with Crippen LogP contribution in [-0.2, 0) is 13.0 Å². The Morgan fingerprint density at radius 3 is 2.34 bits per heavy atom. The highest BCUT2D eigenvalue weighted by Crippen LogP contribution is 2.33. The van der Waals surface area contributed by atoms with E-state index in [9.17, 15) is 14.0 Å². The lowest BCUT2D eigenvalue weighted by Gasteiger charge is -2.13. The van der Waals surface area contributed by atoms with E-state index in [1.165, 1.54) is 17.7 Å². The molecule has 2 aromatic heterocycles. The predicted octanol–water partition coefficient (Wildman–Crippen LogP) is 2.75. The fourth-order valence-corrected chi connectivity index (χ4v) is 3.70. The maximum Gasteiger partial charge on any atom is 0.268 e. The van der Waals surface area contributed by atoms with Gasteiger partial charge in [-0.3, -0.25) is 9.59 Å². The first-order chi connectivity index (χ1) is 15.3. The molecule has 4 rings (SSSR count). The molecule has 0 spiro atoms. The summed E-state index contributed by atoms with van der Waals surface area (Å²) in [7, 11) is 0. The normalized spacial score (nSPS) is 11.1. The van der Waals surface area contributed by atoms with Crippen LogP contribution in [0, 0.1) is 12.7 Å². The van der Waals surface area contributed by atoms with E-state index >= 15 is 0 Å². The number of carbonyl (C=O) groups excluding carboxylic acids is 2. The van der Waals surface area contributed by atoms with Crippen molar-refractivity contribution in [2.24, 2.45) is 11.5 Å². The van der Waals surface area contributed by atoms with Crippen molar-refractivity contribution in [2.75, 3.05) is 0 Å². The molecular weight excluding hydrogens is 411 g/mol. The minimum atomic E-state index is -0.891. The number of halogens is 1. The van der Waals surface area contributed by atoms with Crippen molar-refractivity contribution in [2.45, 2.75) is 26.8 Å². The fraction of sp³-hybridized carbons (Fsp3) is 0.174. The Morgan fingerprint density at radius 1 is 1.03 bits per heavy atom. The predicted molar refractivity (Wildman–Crippen MR) is 117 cm³/mol. The van der Waals surface area contributed by atoms with Gasteiger partial charge < -0.3 is 11.5 Å². The molecule has 0 saturated carbocycles. The van der Waals surface area contributed by atoms with Gasteiger partial charge in [0.2, 0.25) is 5.91 Å². The number of nitrogens with zero attached hydrogens (tertiary/aromatic N) is 4. The molecule has 0 radical (unpaired) electrons. The minimum absolute atomic E-state index is 0.00810. The molecule has 32 heavy (non-hydrogen) atoms. The number of carbonyl (C=O) groups is 2. The van der Waals surface area contributed by atoms with Gasteiger partial charge in [0.05, 0.1) is 23.3 Å². The molecule has 0 bridgehead atoms. The van der Waals surface area contributed by atoms with Gasteiger partial charge in [0.1, 0.15) is 17.2 Å². The molecule has 0 aliphatic rings. The van der Waals surface area contributed by atoms with Crippen molar-refractivity contribution in [3.63, 3.8) is 0 Å². The number of hydrogen-bond donors (Lipinski definition) is 2. The number of fused-ring (bicyclic) bond motifs is 1. The summed E-state index contributed by atoms with van der Waals surface area (Å²) in [5.74, 6) is -2.27. The van der Waals surface area contributed by atoms with E-state index in [1.54, 1.807) is 11.6 Å². The zero-order chi connectivity index (χ0) is 23.0. The van der Waals surface area contributed by atoms with E-state index in [2.05, 4.69) is 22.2 Å². The molecule has 2 aromatic carbocycles. The van der Waals surface area contributed by atoms with E-state index in [0.29, 0.717) is 17.6 Å². The third kappa shape index (κ3) is 3.68. The second-order valence-corrected chi connectivity index (χ2v) is 7.45. The van der Waals surface area contributed by atoms with Gasteiger partial charge in [-0.1, -0.05) is 36.4 Å². The molecule has 2 amide bonds. The number of benzene rings is 2. The van der Waals surface area contributed by atoms with Crippen LogP contribution in [0.1, 0.15) is 44.6 Å². The average molecular weight is 432 g/mol. The van der Waals surface area contributed by atoms with Gasteiger partial charge in [0, 0.05) is 17.0 Å². The molecular formula is C23H21FN6O2. The summed E-state index contributed by atoms with van der Waals surface area (Å²) in [6.07, 6.45) is 0.942. The standard InChI is InChI=1S/C23H21FN6O2/c1-3-13-4-6-14(7-5-13)11-30-12(2)20(28-29-30)19-18(22(25)31)16-9-8-15(24)10-17(16)27-21(19)23(26)32/h4-10H,3,11H2,1-2H3,(H2,25,31)(H2,26,32). The van der Waals surface area contributed by atoms with Crippen LogP contribution < -0.4 is 11.5 Å². The molecule has 0 atom stereocenters. The monoisotopic (exact) mass is 432 g/mol. The van der Waals surface area contributed by atoms with Gasteiger partial charge in [-0.05, 0) is 36.6 Å². The van der Waals surface area contributed by atoms with Crippen molar-refractivity contribution < 1.29 is 14.0 Å². The fourth-order valence-electron chi connectivity index (χ4n) is 3.70. The Bertz CT molecular complexity index is 1360. The number of rotatable bonds is 6. The Balaban J connectivity index is 1.90. The van der Waals surface area contributed by atoms with E-state index in [0.717, 1.165) is 18.1 Å². The van der Waals surface area contributed by atoms with Gasteiger partial charge >= 0.3 is 0 Å². The summed E-state index contributed by atoms with van der Waals surface area (Å²) >= 11 is 0. The zero-order valence-electron chi connectivity index (χ0n) is 17.6. The maximum absolute atomic E-state index is 13.7. The van der Waals surface area contributed by atoms with Crippen LogP contribution in [0.5, 0.6) is 0 Å². The number of amides is 2. The second-order valence-electron chi connectivity index (χ2n) is 7.45. The molecule has 0 saturated heterocycles. The van der Waals surface area contributed by atoms with Crippen LogP contribution in [0.4, 0.5) is 4.39 Å². The molecule has 4 N–H and O–H groups in total. The Hall–Kier alpha value is -4.14. The number of pyridine rings is 1. The van der Waals surface area contributed by atoms with Crippen LogP contribution in [0.2, 0.25) is 0 Å². The summed E-state index contributed by atoms with van der Waals surface area (Å²) in [4.78, 5) is 28.9. The van der Waals surface area contributed by atoms with E-state index in [1.807, 2.05) is 24.3 Å². The number of primary amides is 2. The van der Waals surface area contributed by atoms with Gasteiger partial charge in [0.25, 0.3) is 5.91 Å². The summed E-state index contributed by atoms with van der Waals surface area (Å²) < 4.78 is 15.4. The highest BCUT2D eigenvalue weighted by molar-refractivity contribution is 6.15. The van der Waals surface area contributed by atoms with Crippen LogP contribution in [0.25, 0.3) is 22.2 Å². The van der Waals surface area contributed by atoms with Crippen molar-refractivity contribution in [3.8, 4) is 11.3 Å². The van der Waals surface area contributed by atoms with Gasteiger partial charge in [0.15, 0.2) is 0 Å². The summed E-state index contributed by atoms with van der Waals surface area (Å²) in [6.45, 7) is 4.29. The van der Waals surface area contributed by atoms with Crippen LogP contribution in [0.3, 0.4) is 0 Å². The van der Waals surface area contributed by atoms with Crippen molar-refractivity contribution in [1.82, 2.24) is 20.0 Å². The quantitative estimate of drug-likeness (QED) is 0.484. The lowest BCUT2D eigenvalue weighted by atomic mass is 9.96. The number of aryl methyl sites for hydroxylation is 1. The maximum atomic E-state index is 13.7. The first kappa shape index (κ1) is 21.1. The molecule has 162 valence electrons. The first-order valence-corrected chi connectivity index (χ1v) is 10.0. The first-order valence-electron chi connectivity index (χ1n) is 10.0. The van der Waals surface area contributed by atoms with E-state index < -0.39 is 17.6 Å². The van der Waals surface area contributed by atoms with Crippen LogP contribution in [0.15, 0.2) is 42.5 Å². The molecule has 2 heterocycles. The third-order valence-electron chi connectivity index (χ3n) is 5.41. The summed E-state index contributed by atoms with van der Waals surface area (Å²) in [5, 5.41) is 8.70. The lowest BCUT2D eigenvalue weighted by Crippen LogP contribution is -2.21. The Kier molecular flexibility index (Phi) is 5.40. The van der Waals surface area contributed by atoms with Crippen molar-refractivity contribution in [3.05, 3.63) is 76.4 Å². The van der Waals surface area contributed by atoms with E-state index in [4.69, 9.17) is 11.5 Å². The molecule has 4 aromatic rings. The van der Waals surface area contributed by atoms with Crippen LogP contribution in [-0.4, -0.2) is 31.8 Å². The molecule has 9 heteroatoms. The number of hydrogen-bond acceptors (Lipinski definition) is 5. The minimum Gasteiger partial charge on any atom is -0.366 e. The molecule has 0 unspecified atom stereocenters.